The third-order valence-corrected chi connectivity index (χ3v) is 3.28. The first-order valence-electron chi connectivity index (χ1n) is 6.32. The van der Waals surface area contributed by atoms with E-state index in [0.29, 0.717) is 25.5 Å². The first kappa shape index (κ1) is 13.7. The van der Waals surface area contributed by atoms with Crippen LogP contribution < -0.4 is 4.90 Å². The molecular weight excluding hydrogens is 248 g/mol. The maximum absolute atomic E-state index is 11.0. The number of pyridine rings is 1. The Morgan fingerprint density at radius 3 is 2.63 bits per heavy atom. The molecule has 0 saturated carbocycles. The normalized spacial score (nSPS) is 16.6. The fourth-order valence-electron chi connectivity index (χ4n) is 2.24. The minimum absolute atomic E-state index is 0.0567. The van der Waals surface area contributed by atoms with Gasteiger partial charge in [0, 0.05) is 44.5 Å². The van der Waals surface area contributed by atoms with Crippen LogP contribution in [-0.2, 0) is 0 Å². The van der Waals surface area contributed by atoms with Crippen molar-refractivity contribution in [3.05, 3.63) is 27.9 Å². The molecule has 1 saturated heterocycles. The number of nitrogens with zero attached hydrogens (tertiary/aromatic N) is 4. The molecule has 7 heteroatoms. The summed E-state index contributed by atoms with van der Waals surface area (Å²) in [6.45, 7) is 5.57. The number of aliphatic hydroxyl groups is 1. The van der Waals surface area contributed by atoms with E-state index in [-0.39, 0.29) is 17.2 Å². The number of aromatic nitrogens is 1. The SMILES string of the molecule is Cc1ccc([N+](=O)[O-])c(N2CCN(CCO)CC2)n1. The lowest BCUT2D eigenvalue weighted by molar-refractivity contribution is -0.384. The summed E-state index contributed by atoms with van der Waals surface area (Å²) in [5.74, 6) is 0.452. The Morgan fingerprint density at radius 1 is 1.37 bits per heavy atom. The summed E-state index contributed by atoms with van der Waals surface area (Å²) in [6, 6.07) is 3.17. The Balaban J connectivity index is 2.14. The summed E-state index contributed by atoms with van der Waals surface area (Å²) in [5, 5.41) is 19.9. The number of β-amino-alcohol motifs (C(OH)–C–C–N with tert-alkyl or cyclic N) is 1. The lowest BCUT2D eigenvalue weighted by Gasteiger charge is -2.34. The Bertz CT molecular complexity index is 458. The average molecular weight is 266 g/mol. The van der Waals surface area contributed by atoms with E-state index in [1.807, 2.05) is 11.8 Å². The van der Waals surface area contributed by atoms with Crippen molar-refractivity contribution in [3.63, 3.8) is 0 Å². The fourth-order valence-corrected chi connectivity index (χ4v) is 2.24. The van der Waals surface area contributed by atoms with E-state index in [1.54, 1.807) is 6.07 Å². The van der Waals surface area contributed by atoms with Gasteiger partial charge in [-0.1, -0.05) is 0 Å². The highest BCUT2D eigenvalue weighted by molar-refractivity contribution is 5.58. The van der Waals surface area contributed by atoms with Crippen LogP contribution in [0.1, 0.15) is 5.69 Å². The van der Waals surface area contributed by atoms with Crippen LogP contribution in [0.3, 0.4) is 0 Å². The number of hydrogen-bond donors (Lipinski definition) is 1. The molecule has 1 N–H and O–H groups in total. The van der Waals surface area contributed by atoms with E-state index in [0.717, 1.165) is 18.8 Å². The zero-order valence-electron chi connectivity index (χ0n) is 10.9. The minimum atomic E-state index is -0.387. The molecule has 7 nitrogen and oxygen atoms in total. The molecule has 0 aliphatic carbocycles. The topological polar surface area (TPSA) is 82.7 Å². The highest BCUT2D eigenvalue weighted by Gasteiger charge is 2.24. The maximum Gasteiger partial charge on any atom is 0.311 e. The largest absolute Gasteiger partial charge is 0.395 e. The monoisotopic (exact) mass is 266 g/mol. The molecule has 0 aromatic carbocycles. The van der Waals surface area contributed by atoms with E-state index in [9.17, 15) is 10.1 Å². The van der Waals surface area contributed by atoms with Gasteiger partial charge in [0.1, 0.15) is 0 Å². The number of rotatable bonds is 4. The predicted molar refractivity (Wildman–Crippen MR) is 71.4 cm³/mol. The van der Waals surface area contributed by atoms with Crippen LogP contribution in [0.2, 0.25) is 0 Å². The molecule has 104 valence electrons. The maximum atomic E-state index is 11.0. The molecule has 0 amide bonds. The van der Waals surface area contributed by atoms with Crippen LogP contribution in [-0.4, -0.2) is 59.2 Å². The third-order valence-electron chi connectivity index (χ3n) is 3.28. The van der Waals surface area contributed by atoms with Crippen molar-refractivity contribution in [2.24, 2.45) is 0 Å². The van der Waals surface area contributed by atoms with Gasteiger partial charge < -0.3 is 10.0 Å². The van der Waals surface area contributed by atoms with Crippen molar-refractivity contribution < 1.29 is 10.0 Å². The van der Waals surface area contributed by atoms with Crippen LogP contribution >= 0.6 is 0 Å². The van der Waals surface area contributed by atoms with Crippen LogP contribution in [0.5, 0.6) is 0 Å². The van der Waals surface area contributed by atoms with Crippen molar-refractivity contribution in [2.75, 3.05) is 44.2 Å². The number of nitro groups is 1. The predicted octanol–water partition coefficient (Wildman–Crippen LogP) is 0.413. The Labute approximate surface area is 111 Å². The van der Waals surface area contributed by atoms with Gasteiger partial charge in [0.25, 0.3) is 0 Å². The number of hydrogen-bond acceptors (Lipinski definition) is 6. The summed E-state index contributed by atoms with van der Waals surface area (Å²) in [7, 11) is 0. The molecule has 0 atom stereocenters. The third kappa shape index (κ3) is 3.18. The van der Waals surface area contributed by atoms with Gasteiger partial charge in [0.2, 0.25) is 5.82 Å². The van der Waals surface area contributed by atoms with Crippen molar-refractivity contribution in [3.8, 4) is 0 Å². The van der Waals surface area contributed by atoms with Gasteiger partial charge in [-0.05, 0) is 13.0 Å². The number of piperazine rings is 1. The Morgan fingerprint density at radius 2 is 2.05 bits per heavy atom. The van der Waals surface area contributed by atoms with Crippen LogP contribution in [0.4, 0.5) is 11.5 Å². The molecule has 0 unspecified atom stereocenters. The quantitative estimate of drug-likeness (QED) is 0.628. The first-order valence-corrected chi connectivity index (χ1v) is 6.32. The molecule has 0 radical (unpaired) electrons. The molecule has 2 rings (SSSR count). The second-order valence-corrected chi connectivity index (χ2v) is 4.60. The van der Waals surface area contributed by atoms with Gasteiger partial charge in [-0.25, -0.2) is 4.98 Å². The Hall–Kier alpha value is -1.73. The second kappa shape index (κ2) is 5.94. The molecule has 1 aromatic rings. The molecule has 1 aromatic heterocycles. The van der Waals surface area contributed by atoms with Crippen LogP contribution in [0.25, 0.3) is 0 Å². The molecule has 1 fully saturated rings. The van der Waals surface area contributed by atoms with Gasteiger partial charge in [0.15, 0.2) is 0 Å². The highest BCUT2D eigenvalue weighted by atomic mass is 16.6. The van der Waals surface area contributed by atoms with Crippen molar-refractivity contribution in [1.29, 1.82) is 0 Å². The number of aryl methyl sites for hydroxylation is 1. The molecule has 1 aliphatic heterocycles. The molecular formula is C12H18N4O3. The van der Waals surface area contributed by atoms with E-state index in [1.165, 1.54) is 6.07 Å². The molecule has 19 heavy (non-hydrogen) atoms. The minimum Gasteiger partial charge on any atom is -0.395 e. The second-order valence-electron chi connectivity index (χ2n) is 4.60. The van der Waals surface area contributed by atoms with Gasteiger partial charge in [-0.15, -0.1) is 0 Å². The lowest BCUT2D eigenvalue weighted by atomic mass is 10.2. The van der Waals surface area contributed by atoms with Gasteiger partial charge in [-0.2, -0.15) is 0 Å². The highest BCUT2D eigenvalue weighted by Crippen LogP contribution is 2.26. The summed E-state index contributed by atoms with van der Waals surface area (Å²) >= 11 is 0. The zero-order chi connectivity index (χ0) is 13.8. The molecule has 0 spiro atoms. The van der Waals surface area contributed by atoms with E-state index >= 15 is 0 Å². The Kier molecular flexibility index (Phi) is 4.28. The summed E-state index contributed by atoms with van der Waals surface area (Å²) in [6.07, 6.45) is 0. The molecule has 0 bridgehead atoms. The first-order chi connectivity index (χ1) is 9.11. The number of anilines is 1. The zero-order valence-corrected chi connectivity index (χ0v) is 10.9. The van der Waals surface area contributed by atoms with Crippen LogP contribution in [0.15, 0.2) is 12.1 Å². The summed E-state index contributed by atoms with van der Waals surface area (Å²) in [5.41, 5.74) is 0.833. The summed E-state index contributed by atoms with van der Waals surface area (Å²) < 4.78 is 0. The van der Waals surface area contributed by atoms with Gasteiger partial charge in [0.05, 0.1) is 11.5 Å². The summed E-state index contributed by atoms with van der Waals surface area (Å²) in [4.78, 5) is 19.0. The fraction of sp³-hybridized carbons (Fsp3) is 0.583. The van der Waals surface area contributed by atoms with Crippen molar-refractivity contribution >= 4 is 11.5 Å². The van der Waals surface area contributed by atoms with E-state index in [2.05, 4.69) is 9.88 Å². The van der Waals surface area contributed by atoms with E-state index < -0.39 is 0 Å². The van der Waals surface area contributed by atoms with Gasteiger partial charge >= 0.3 is 5.69 Å². The van der Waals surface area contributed by atoms with Crippen molar-refractivity contribution in [2.45, 2.75) is 6.92 Å². The smallest absolute Gasteiger partial charge is 0.311 e. The van der Waals surface area contributed by atoms with Gasteiger partial charge in [-0.3, -0.25) is 15.0 Å². The molecule has 1 aliphatic rings. The van der Waals surface area contributed by atoms with Crippen molar-refractivity contribution in [1.82, 2.24) is 9.88 Å². The lowest BCUT2D eigenvalue weighted by Crippen LogP contribution is -2.47. The van der Waals surface area contributed by atoms with E-state index in [4.69, 9.17) is 5.11 Å². The number of aliphatic hydroxyl groups excluding tert-OH is 1. The van der Waals surface area contributed by atoms with Crippen LogP contribution in [0, 0.1) is 17.0 Å². The molecule has 2 heterocycles. The average Bonchev–Trinajstić information content (AvgIpc) is 2.39. The standard InChI is InChI=1S/C12H18N4O3/c1-10-2-3-11(16(18)19)12(13-10)15-6-4-14(5-7-15)8-9-17/h2-3,17H,4-9H2,1H3.